The lowest BCUT2D eigenvalue weighted by atomic mass is 10.1. The van der Waals surface area contributed by atoms with E-state index >= 15 is 0 Å². The summed E-state index contributed by atoms with van der Waals surface area (Å²) in [7, 11) is 0. The highest BCUT2D eigenvalue weighted by Gasteiger charge is 2.32. The molecule has 0 radical (unpaired) electrons. The first-order valence-corrected chi connectivity index (χ1v) is 11.7. The van der Waals surface area contributed by atoms with Crippen molar-refractivity contribution in [3.8, 4) is 11.8 Å². The van der Waals surface area contributed by atoms with Gasteiger partial charge >= 0.3 is 12.5 Å². The number of halogens is 3. The van der Waals surface area contributed by atoms with Crippen molar-refractivity contribution in [1.82, 2.24) is 19.8 Å². The fourth-order valence-corrected chi connectivity index (χ4v) is 4.16. The summed E-state index contributed by atoms with van der Waals surface area (Å²) in [6.45, 7) is 3.67. The van der Waals surface area contributed by atoms with Gasteiger partial charge in [0.25, 0.3) is 0 Å². The van der Waals surface area contributed by atoms with E-state index in [1.165, 1.54) is 23.1 Å². The number of hydrogen-bond acceptors (Lipinski definition) is 6. The zero-order chi connectivity index (χ0) is 26.4. The van der Waals surface area contributed by atoms with Crippen LogP contribution in [0.2, 0.25) is 0 Å². The van der Waals surface area contributed by atoms with Crippen LogP contribution in [0.5, 0.6) is 5.75 Å². The minimum absolute atomic E-state index is 0.0342. The van der Waals surface area contributed by atoms with Crippen molar-refractivity contribution in [2.75, 3.05) is 13.1 Å². The molecule has 2 aromatic carbocycles. The van der Waals surface area contributed by atoms with Crippen LogP contribution in [-0.4, -0.2) is 46.0 Å². The van der Waals surface area contributed by atoms with E-state index < -0.39 is 18.2 Å². The van der Waals surface area contributed by atoms with Crippen LogP contribution in [0.3, 0.4) is 0 Å². The second kappa shape index (κ2) is 11.3. The third-order valence-electron chi connectivity index (χ3n) is 6.13. The molecule has 1 aliphatic rings. The number of imidazole rings is 1. The van der Waals surface area contributed by atoms with Crippen LogP contribution in [0.25, 0.3) is 0 Å². The first-order valence-electron chi connectivity index (χ1n) is 11.7. The van der Waals surface area contributed by atoms with Gasteiger partial charge < -0.3 is 24.3 Å². The van der Waals surface area contributed by atoms with Gasteiger partial charge in [-0.3, -0.25) is 0 Å². The molecule has 0 bridgehead atoms. The maximum absolute atomic E-state index is 12.6. The Morgan fingerprint density at radius 1 is 1.22 bits per heavy atom. The SMILES string of the molecule is Cc1ncc(CN[C@@H]2CCN(C(=O)OCc3ccccc3OC(F)(F)F)C2)n1Cc1ccc(C#N)cc1. The van der Waals surface area contributed by atoms with Crippen molar-refractivity contribution in [3.05, 3.63) is 82.9 Å². The number of carbonyl (C=O) groups is 1. The quantitative estimate of drug-likeness (QED) is 0.477. The van der Waals surface area contributed by atoms with Crippen molar-refractivity contribution in [2.45, 2.75) is 45.4 Å². The lowest BCUT2D eigenvalue weighted by Gasteiger charge is -2.18. The second-order valence-corrected chi connectivity index (χ2v) is 8.71. The number of benzene rings is 2. The summed E-state index contributed by atoms with van der Waals surface area (Å²) in [6.07, 6.45) is -2.89. The van der Waals surface area contributed by atoms with Gasteiger partial charge in [-0.25, -0.2) is 9.78 Å². The number of ether oxygens (including phenoxy) is 2. The maximum Gasteiger partial charge on any atom is 0.573 e. The Balaban J connectivity index is 1.28. The van der Waals surface area contributed by atoms with Crippen LogP contribution in [-0.2, 0) is 24.4 Å². The van der Waals surface area contributed by atoms with E-state index in [9.17, 15) is 18.0 Å². The Kier molecular flexibility index (Phi) is 7.98. The van der Waals surface area contributed by atoms with Gasteiger partial charge in [0.1, 0.15) is 18.2 Å². The molecule has 1 atom stereocenters. The standard InChI is InChI=1S/C26H26F3N5O3/c1-18-31-13-23(34(18)15-20-8-6-19(12-30)7-9-20)14-32-22-10-11-33(16-22)25(35)36-17-21-4-2-3-5-24(21)37-26(27,28)29/h2-9,13,22,32H,10-11,14-17H2,1H3/t22-/m1/s1. The predicted octanol–water partition coefficient (Wildman–Crippen LogP) is 4.51. The van der Waals surface area contributed by atoms with Gasteiger partial charge in [0.05, 0.1) is 17.3 Å². The smallest absolute Gasteiger partial charge is 0.444 e. The van der Waals surface area contributed by atoms with Gasteiger partial charge in [-0.05, 0) is 37.1 Å². The molecule has 0 spiro atoms. The molecule has 1 amide bonds. The van der Waals surface area contributed by atoms with E-state index in [1.807, 2.05) is 25.3 Å². The predicted molar refractivity (Wildman–Crippen MR) is 127 cm³/mol. The molecule has 0 aliphatic carbocycles. The molecule has 37 heavy (non-hydrogen) atoms. The average molecular weight is 514 g/mol. The van der Waals surface area contributed by atoms with Crippen molar-refractivity contribution in [2.24, 2.45) is 0 Å². The summed E-state index contributed by atoms with van der Waals surface area (Å²) in [5, 5.41) is 12.4. The molecular weight excluding hydrogens is 487 g/mol. The van der Waals surface area contributed by atoms with Crippen molar-refractivity contribution < 1.29 is 27.4 Å². The van der Waals surface area contributed by atoms with Crippen molar-refractivity contribution in [1.29, 1.82) is 5.26 Å². The number of nitrogens with zero attached hydrogens (tertiary/aromatic N) is 4. The maximum atomic E-state index is 12.6. The van der Waals surface area contributed by atoms with E-state index in [1.54, 1.807) is 18.2 Å². The molecule has 194 valence electrons. The fourth-order valence-electron chi connectivity index (χ4n) is 4.16. The Morgan fingerprint density at radius 2 is 1.97 bits per heavy atom. The largest absolute Gasteiger partial charge is 0.573 e. The van der Waals surface area contributed by atoms with E-state index in [4.69, 9.17) is 10.00 Å². The molecule has 0 unspecified atom stereocenters. The topological polar surface area (TPSA) is 92.4 Å². The summed E-state index contributed by atoms with van der Waals surface area (Å²) >= 11 is 0. The molecule has 1 N–H and O–H groups in total. The van der Waals surface area contributed by atoms with Gasteiger partial charge in [-0.1, -0.05) is 30.3 Å². The number of amides is 1. The molecule has 1 aliphatic heterocycles. The van der Waals surface area contributed by atoms with E-state index in [2.05, 4.69) is 25.7 Å². The Hall–Kier alpha value is -4.04. The van der Waals surface area contributed by atoms with Gasteiger partial charge in [-0.15, -0.1) is 13.2 Å². The Labute approximate surface area is 212 Å². The van der Waals surface area contributed by atoms with Crippen LogP contribution in [0.15, 0.2) is 54.7 Å². The number of aromatic nitrogens is 2. The van der Waals surface area contributed by atoms with E-state index in [-0.39, 0.29) is 18.2 Å². The van der Waals surface area contributed by atoms with Gasteiger partial charge in [0, 0.05) is 44.0 Å². The number of alkyl halides is 3. The number of para-hydroxylation sites is 1. The first-order chi connectivity index (χ1) is 17.7. The number of aryl methyl sites for hydroxylation is 1. The molecule has 2 heterocycles. The van der Waals surface area contributed by atoms with Gasteiger partial charge in [0.2, 0.25) is 0 Å². The first kappa shape index (κ1) is 26.0. The third kappa shape index (κ3) is 7.01. The third-order valence-corrected chi connectivity index (χ3v) is 6.13. The summed E-state index contributed by atoms with van der Waals surface area (Å²) < 4.78 is 49.2. The highest BCUT2D eigenvalue weighted by atomic mass is 19.4. The summed E-state index contributed by atoms with van der Waals surface area (Å²) in [5.41, 5.74) is 2.78. The van der Waals surface area contributed by atoms with E-state index in [0.29, 0.717) is 38.2 Å². The number of rotatable bonds is 8. The van der Waals surface area contributed by atoms with Crippen molar-refractivity contribution in [3.63, 3.8) is 0 Å². The molecular formula is C26H26F3N5O3. The van der Waals surface area contributed by atoms with Gasteiger partial charge in [-0.2, -0.15) is 5.26 Å². The van der Waals surface area contributed by atoms with Crippen LogP contribution < -0.4 is 10.1 Å². The van der Waals surface area contributed by atoms with Crippen molar-refractivity contribution >= 4 is 6.09 Å². The monoisotopic (exact) mass is 513 g/mol. The highest BCUT2D eigenvalue weighted by molar-refractivity contribution is 5.68. The molecule has 1 fully saturated rings. The summed E-state index contributed by atoms with van der Waals surface area (Å²) in [4.78, 5) is 18.5. The van der Waals surface area contributed by atoms with E-state index in [0.717, 1.165) is 17.1 Å². The zero-order valence-electron chi connectivity index (χ0n) is 20.2. The minimum Gasteiger partial charge on any atom is -0.444 e. The summed E-state index contributed by atoms with van der Waals surface area (Å²) in [5.74, 6) is 0.476. The van der Waals surface area contributed by atoms with Crippen LogP contribution in [0.4, 0.5) is 18.0 Å². The molecule has 1 aromatic heterocycles. The second-order valence-electron chi connectivity index (χ2n) is 8.71. The van der Waals surface area contributed by atoms with Gasteiger partial charge in [0.15, 0.2) is 0 Å². The zero-order valence-corrected chi connectivity index (χ0v) is 20.2. The highest BCUT2D eigenvalue weighted by Crippen LogP contribution is 2.27. The van der Waals surface area contributed by atoms with Crippen LogP contribution in [0.1, 0.15) is 34.6 Å². The number of nitrogens with one attached hydrogen (secondary N) is 1. The number of carbonyl (C=O) groups excluding carboxylic acids is 1. The Bertz CT molecular complexity index is 1270. The lowest BCUT2D eigenvalue weighted by molar-refractivity contribution is -0.275. The van der Waals surface area contributed by atoms with Crippen LogP contribution in [0, 0.1) is 18.3 Å². The molecule has 0 saturated carbocycles. The molecule has 1 saturated heterocycles. The summed E-state index contributed by atoms with van der Waals surface area (Å²) in [6, 6.07) is 15.1. The molecule has 4 rings (SSSR count). The molecule has 3 aromatic rings. The number of hydrogen-bond donors (Lipinski definition) is 1. The minimum atomic E-state index is -4.83. The van der Waals surface area contributed by atoms with Crippen LogP contribution >= 0.6 is 0 Å². The lowest BCUT2D eigenvalue weighted by Crippen LogP contribution is -2.35. The molecule has 8 nitrogen and oxygen atoms in total. The normalized spacial score (nSPS) is 15.4. The average Bonchev–Trinajstić information content (AvgIpc) is 3.48. The Morgan fingerprint density at radius 3 is 2.70 bits per heavy atom. The molecule has 11 heteroatoms. The fraction of sp³-hybridized carbons (Fsp3) is 0.346. The number of nitriles is 1. The number of likely N-dealkylation sites (tertiary alicyclic amines) is 1.